The maximum Gasteiger partial charge on any atom is 0.0463 e. The van der Waals surface area contributed by atoms with Crippen molar-refractivity contribution >= 4 is 0 Å². The van der Waals surface area contributed by atoms with E-state index in [-0.39, 0.29) is 0 Å². The molecule has 0 saturated carbocycles. The molecule has 3 rings (SSSR count). The van der Waals surface area contributed by atoms with Gasteiger partial charge in [0.2, 0.25) is 0 Å². The lowest BCUT2D eigenvalue weighted by Crippen LogP contribution is -2.64. The molecule has 0 aromatic rings. The van der Waals surface area contributed by atoms with E-state index in [4.69, 9.17) is 0 Å². The number of likely N-dealkylation sites (N-methyl/N-ethyl adjacent to an activating group) is 1. The second-order valence-electron chi connectivity index (χ2n) is 6.37. The Morgan fingerprint density at radius 2 is 2.06 bits per heavy atom. The minimum absolute atomic E-state index is 0.453. The van der Waals surface area contributed by atoms with Gasteiger partial charge < -0.3 is 10.2 Å². The van der Waals surface area contributed by atoms with E-state index < -0.39 is 0 Å². The lowest BCUT2D eigenvalue weighted by Gasteiger charge is -2.52. The van der Waals surface area contributed by atoms with Gasteiger partial charge in [-0.2, -0.15) is 0 Å². The van der Waals surface area contributed by atoms with Crippen LogP contribution in [-0.2, 0) is 0 Å². The molecular formula is C14H27N3. The maximum absolute atomic E-state index is 3.72. The third-order valence-electron chi connectivity index (χ3n) is 5.09. The van der Waals surface area contributed by atoms with Crippen LogP contribution in [0.15, 0.2) is 0 Å². The van der Waals surface area contributed by atoms with Gasteiger partial charge in [0.25, 0.3) is 0 Å². The minimum atomic E-state index is 0.453. The van der Waals surface area contributed by atoms with Crippen molar-refractivity contribution in [3.63, 3.8) is 0 Å². The van der Waals surface area contributed by atoms with Gasteiger partial charge in [0, 0.05) is 24.7 Å². The molecule has 2 atom stereocenters. The van der Waals surface area contributed by atoms with Crippen molar-refractivity contribution in [2.24, 2.45) is 0 Å². The first kappa shape index (κ1) is 11.9. The number of nitrogens with zero attached hydrogens (tertiary/aromatic N) is 2. The van der Waals surface area contributed by atoms with E-state index in [0.717, 1.165) is 6.04 Å². The van der Waals surface area contributed by atoms with E-state index in [1.54, 1.807) is 0 Å². The molecule has 0 aromatic heterocycles. The first-order chi connectivity index (χ1) is 8.30. The van der Waals surface area contributed by atoms with Crippen LogP contribution in [-0.4, -0.2) is 61.2 Å². The molecule has 0 bridgehead atoms. The van der Waals surface area contributed by atoms with Gasteiger partial charge in [-0.1, -0.05) is 6.42 Å². The van der Waals surface area contributed by atoms with Crippen LogP contribution in [0.2, 0.25) is 0 Å². The van der Waals surface area contributed by atoms with Crippen LogP contribution in [0.1, 0.15) is 38.5 Å². The molecule has 3 heteroatoms. The summed E-state index contributed by atoms with van der Waals surface area (Å²) in [4.78, 5) is 5.44. The first-order valence-electron chi connectivity index (χ1n) is 7.46. The first-order valence-corrected chi connectivity index (χ1v) is 7.46. The largest absolute Gasteiger partial charge is 0.315 e. The van der Waals surface area contributed by atoms with Crippen molar-refractivity contribution in [2.75, 3.05) is 39.8 Å². The summed E-state index contributed by atoms with van der Waals surface area (Å²) in [6.45, 7) is 6.36. The molecule has 0 amide bonds. The van der Waals surface area contributed by atoms with Crippen molar-refractivity contribution in [3.05, 3.63) is 0 Å². The zero-order valence-corrected chi connectivity index (χ0v) is 11.2. The van der Waals surface area contributed by atoms with Crippen molar-refractivity contribution in [1.82, 2.24) is 15.1 Å². The summed E-state index contributed by atoms with van der Waals surface area (Å²) in [5.74, 6) is 0. The summed E-state index contributed by atoms with van der Waals surface area (Å²) < 4.78 is 0. The van der Waals surface area contributed by atoms with Crippen molar-refractivity contribution in [1.29, 1.82) is 0 Å². The Morgan fingerprint density at radius 3 is 2.94 bits per heavy atom. The van der Waals surface area contributed by atoms with Crippen LogP contribution in [0.5, 0.6) is 0 Å². The minimum Gasteiger partial charge on any atom is -0.315 e. The number of piperidine rings is 2. The van der Waals surface area contributed by atoms with Crippen LogP contribution in [0.3, 0.4) is 0 Å². The number of hydrogen-bond acceptors (Lipinski definition) is 3. The van der Waals surface area contributed by atoms with Gasteiger partial charge in [-0.15, -0.1) is 0 Å². The van der Waals surface area contributed by atoms with Gasteiger partial charge >= 0.3 is 0 Å². The zero-order chi connectivity index (χ0) is 11.7. The average Bonchev–Trinajstić information content (AvgIpc) is 2.51. The summed E-state index contributed by atoms with van der Waals surface area (Å²) in [6.07, 6.45) is 8.45. The molecule has 3 aliphatic rings. The lowest BCUT2D eigenvalue weighted by molar-refractivity contribution is -0.0175. The fourth-order valence-electron chi connectivity index (χ4n) is 4.33. The summed E-state index contributed by atoms with van der Waals surface area (Å²) in [7, 11) is 2.30. The van der Waals surface area contributed by atoms with Gasteiger partial charge in [-0.05, 0) is 58.8 Å². The zero-order valence-electron chi connectivity index (χ0n) is 11.2. The molecule has 1 spiro atoms. The molecular weight excluding hydrogens is 210 g/mol. The number of nitrogens with one attached hydrogen (secondary N) is 1. The van der Waals surface area contributed by atoms with Crippen LogP contribution in [0.25, 0.3) is 0 Å². The molecule has 3 heterocycles. The molecule has 3 aliphatic heterocycles. The summed E-state index contributed by atoms with van der Waals surface area (Å²) in [6, 6.07) is 0.866. The highest BCUT2D eigenvalue weighted by Gasteiger charge is 2.44. The topological polar surface area (TPSA) is 18.5 Å². The van der Waals surface area contributed by atoms with E-state index in [2.05, 4.69) is 22.2 Å². The Kier molecular flexibility index (Phi) is 3.42. The molecule has 17 heavy (non-hydrogen) atoms. The van der Waals surface area contributed by atoms with Crippen molar-refractivity contribution in [2.45, 2.75) is 50.1 Å². The molecule has 0 aromatic carbocycles. The highest BCUT2D eigenvalue weighted by atomic mass is 15.3. The molecule has 3 nitrogen and oxygen atoms in total. The van der Waals surface area contributed by atoms with Gasteiger partial charge in [-0.25, -0.2) is 0 Å². The van der Waals surface area contributed by atoms with Gasteiger partial charge in [0.1, 0.15) is 0 Å². The Morgan fingerprint density at radius 1 is 1.12 bits per heavy atom. The Balaban J connectivity index is 1.83. The lowest BCUT2D eigenvalue weighted by atomic mass is 9.84. The van der Waals surface area contributed by atoms with Crippen molar-refractivity contribution < 1.29 is 0 Å². The van der Waals surface area contributed by atoms with E-state index >= 15 is 0 Å². The number of likely N-dealkylation sites (tertiary alicyclic amines) is 1. The predicted molar refractivity (Wildman–Crippen MR) is 71.3 cm³/mol. The molecule has 0 radical (unpaired) electrons. The summed E-state index contributed by atoms with van der Waals surface area (Å²) in [5.41, 5.74) is 0.453. The fraction of sp³-hybridized carbons (Fsp3) is 1.00. The molecule has 0 aliphatic carbocycles. The Hall–Kier alpha value is -0.120. The quantitative estimate of drug-likeness (QED) is 0.685. The van der Waals surface area contributed by atoms with E-state index in [1.165, 1.54) is 71.2 Å². The molecule has 98 valence electrons. The average molecular weight is 237 g/mol. The fourth-order valence-corrected chi connectivity index (χ4v) is 4.33. The third-order valence-corrected chi connectivity index (χ3v) is 5.09. The Bertz CT molecular complexity index is 268. The van der Waals surface area contributed by atoms with Gasteiger partial charge in [-0.3, -0.25) is 4.90 Å². The third kappa shape index (κ3) is 2.25. The summed E-state index contributed by atoms with van der Waals surface area (Å²) in [5, 5.41) is 3.72. The van der Waals surface area contributed by atoms with Crippen LogP contribution in [0.4, 0.5) is 0 Å². The normalized spacial score (nSPS) is 41.1. The van der Waals surface area contributed by atoms with E-state index in [0.29, 0.717) is 5.54 Å². The highest BCUT2D eigenvalue weighted by molar-refractivity contribution is 5.02. The van der Waals surface area contributed by atoms with Gasteiger partial charge in [0.15, 0.2) is 0 Å². The molecule has 1 N–H and O–H groups in total. The monoisotopic (exact) mass is 237 g/mol. The maximum atomic E-state index is 3.72. The number of fused-ring (bicyclic) bond motifs is 2. The second kappa shape index (κ2) is 4.87. The smallest absolute Gasteiger partial charge is 0.0463 e. The predicted octanol–water partition coefficient (Wildman–Crippen LogP) is 1.30. The Labute approximate surface area is 106 Å². The SMILES string of the molecule is CN1CCCC2(CNCCC3CCCCN32)C1. The molecule has 3 fully saturated rings. The number of hydrogen-bond donors (Lipinski definition) is 1. The molecule has 2 unspecified atom stereocenters. The van der Waals surface area contributed by atoms with E-state index in [9.17, 15) is 0 Å². The standard InChI is InChI=1S/C14H27N3/c1-16-9-4-7-14(12-16)11-15-8-6-13-5-2-3-10-17(13)14/h13,15H,2-12H2,1H3. The highest BCUT2D eigenvalue weighted by Crippen LogP contribution is 2.34. The number of rotatable bonds is 0. The molecule has 3 saturated heterocycles. The van der Waals surface area contributed by atoms with Crippen LogP contribution >= 0.6 is 0 Å². The second-order valence-corrected chi connectivity index (χ2v) is 6.37. The van der Waals surface area contributed by atoms with E-state index in [1.807, 2.05) is 0 Å². The van der Waals surface area contributed by atoms with Crippen LogP contribution < -0.4 is 5.32 Å². The van der Waals surface area contributed by atoms with Gasteiger partial charge in [0.05, 0.1) is 0 Å². The van der Waals surface area contributed by atoms with Crippen molar-refractivity contribution in [3.8, 4) is 0 Å². The summed E-state index contributed by atoms with van der Waals surface area (Å²) >= 11 is 0. The van der Waals surface area contributed by atoms with Crippen LogP contribution in [0, 0.1) is 0 Å².